The largest absolute Gasteiger partial charge is 0.271 e. The van der Waals surface area contributed by atoms with Crippen LogP contribution in [0.3, 0.4) is 0 Å². The Morgan fingerprint density at radius 2 is 2.20 bits per heavy atom. The van der Waals surface area contributed by atoms with Gasteiger partial charge in [0.1, 0.15) is 0 Å². The summed E-state index contributed by atoms with van der Waals surface area (Å²) < 4.78 is 0. The second-order valence-corrected chi connectivity index (χ2v) is 4.17. The molecule has 3 N–H and O–H groups in total. The Morgan fingerprint density at radius 3 is 2.80 bits per heavy atom. The van der Waals surface area contributed by atoms with Crippen molar-refractivity contribution in [3.05, 3.63) is 46.5 Å². The molecule has 1 aromatic rings. The number of hydrazine groups is 1. The average molecular weight is 245 g/mol. The van der Waals surface area contributed by atoms with E-state index < -0.39 is 0 Å². The molecule has 1 rings (SSSR count). The van der Waals surface area contributed by atoms with Crippen LogP contribution in [0.1, 0.15) is 12.0 Å². The molecule has 0 spiro atoms. The maximum Gasteiger partial charge on any atom is 0.0439 e. The lowest BCUT2D eigenvalue weighted by Crippen LogP contribution is -2.36. The van der Waals surface area contributed by atoms with Crippen LogP contribution in [0.2, 0.25) is 10.0 Å². The van der Waals surface area contributed by atoms with Gasteiger partial charge in [0.25, 0.3) is 0 Å². The zero-order valence-electron chi connectivity index (χ0n) is 8.34. The van der Waals surface area contributed by atoms with E-state index in [-0.39, 0.29) is 6.04 Å². The van der Waals surface area contributed by atoms with Crippen molar-refractivity contribution in [2.24, 2.45) is 5.84 Å². The molecule has 0 radical (unpaired) electrons. The van der Waals surface area contributed by atoms with E-state index in [0.717, 1.165) is 18.4 Å². The molecule has 0 aliphatic carbocycles. The predicted octanol–water partition coefficient (Wildman–Crippen LogP) is 2.94. The van der Waals surface area contributed by atoms with Crippen LogP contribution in [0.4, 0.5) is 0 Å². The third-order valence-corrected chi connectivity index (χ3v) is 2.76. The molecule has 0 bridgehead atoms. The third-order valence-electron chi connectivity index (χ3n) is 2.16. The van der Waals surface area contributed by atoms with E-state index in [2.05, 4.69) is 12.0 Å². The van der Waals surface area contributed by atoms with Crippen LogP contribution in [0.25, 0.3) is 0 Å². The number of rotatable bonds is 5. The lowest BCUT2D eigenvalue weighted by molar-refractivity contribution is 0.531. The maximum atomic E-state index is 6.04. The summed E-state index contributed by atoms with van der Waals surface area (Å²) in [5.41, 5.74) is 3.72. The Hall–Kier alpha value is -0.540. The van der Waals surface area contributed by atoms with Gasteiger partial charge in [-0.3, -0.25) is 11.3 Å². The van der Waals surface area contributed by atoms with Gasteiger partial charge in [0, 0.05) is 16.1 Å². The number of nitrogens with one attached hydrogen (secondary N) is 1. The fourth-order valence-corrected chi connectivity index (χ4v) is 1.77. The first-order valence-electron chi connectivity index (χ1n) is 4.68. The van der Waals surface area contributed by atoms with E-state index in [0.29, 0.717) is 10.0 Å². The molecule has 0 fully saturated rings. The standard InChI is InChI=1S/C11H14Cl2N2/c1-2-3-10(15-14)7-8-6-9(12)4-5-11(8)13/h2,4-6,10,15H,1,3,7,14H2. The molecule has 82 valence electrons. The summed E-state index contributed by atoms with van der Waals surface area (Å²) in [5, 5.41) is 1.40. The van der Waals surface area contributed by atoms with Gasteiger partial charge < -0.3 is 0 Å². The quantitative estimate of drug-likeness (QED) is 0.475. The summed E-state index contributed by atoms with van der Waals surface area (Å²) >= 11 is 11.9. The molecule has 0 saturated carbocycles. The van der Waals surface area contributed by atoms with Crippen molar-refractivity contribution < 1.29 is 0 Å². The minimum Gasteiger partial charge on any atom is -0.271 e. The minimum atomic E-state index is 0.137. The predicted molar refractivity (Wildman–Crippen MR) is 66.1 cm³/mol. The van der Waals surface area contributed by atoms with Gasteiger partial charge in [0.05, 0.1) is 0 Å². The smallest absolute Gasteiger partial charge is 0.0439 e. The lowest BCUT2D eigenvalue weighted by atomic mass is 10.0. The Labute approximate surface area is 100 Å². The highest BCUT2D eigenvalue weighted by Crippen LogP contribution is 2.22. The van der Waals surface area contributed by atoms with Crippen molar-refractivity contribution >= 4 is 23.2 Å². The fraction of sp³-hybridized carbons (Fsp3) is 0.273. The van der Waals surface area contributed by atoms with Crippen LogP contribution in [-0.4, -0.2) is 6.04 Å². The minimum absolute atomic E-state index is 0.137. The molecular weight excluding hydrogens is 231 g/mol. The molecule has 0 heterocycles. The van der Waals surface area contributed by atoms with Crippen LogP contribution < -0.4 is 11.3 Å². The Balaban J connectivity index is 2.77. The van der Waals surface area contributed by atoms with Crippen molar-refractivity contribution in [3.8, 4) is 0 Å². The van der Waals surface area contributed by atoms with Crippen molar-refractivity contribution in [1.29, 1.82) is 0 Å². The van der Waals surface area contributed by atoms with Crippen molar-refractivity contribution in [2.45, 2.75) is 18.9 Å². The zero-order chi connectivity index (χ0) is 11.3. The highest BCUT2D eigenvalue weighted by atomic mass is 35.5. The summed E-state index contributed by atoms with van der Waals surface area (Å²) in [4.78, 5) is 0. The molecule has 1 aromatic carbocycles. The van der Waals surface area contributed by atoms with Crippen molar-refractivity contribution in [3.63, 3.8) is 0 Å². The first-order valence-corrected chi connectivity index (χ1v) is 5.44. The van der Waals surface area contributed by atoms with E-state index in [1.165, 1.54) is 0 Å². The molecule has 2 nitrogen and oxygen atoms in total. The summed E-state index contributed by atoms with van der Waals surface area (Å²) in [6, 6.07) is 5.56. The molecule has 4 heteroatoms. The number of nitrogens with two attached hydrogens (primary N) is 1. The monoisotopic (exact) mass is 244 g/mol. The topological polar surface area (TPSA) is 38.0 Å². The van der Waals surface area contributed by atoms with Crippen molar-refractivity contribution in [2.75, 3.05) is 0 Å². The summed E-state index contributed by atoms with van der Waals surface area (Å²) in [6.07, 6.45) is 3.35. The lowest BCUT2D eigenvalue weighted by Gasteiger charge is -2.14. The normalized spacial score (nSPS) is 12.5. The molecule has 0 aliphatic rings. The Bertz CT molecular complexity index is 339. The van der Waals surface area contributed by atoms with Crippen molar-refractivity contribution in [1.82, 2.24) is 5.43 Å². The van der Waals surface area contributed by atoms with Crippen LogP contribution in [0, 0.1) is 0 Å². The highest BCUT2D eigenvalue weighted by Gasteiger charge is 2.09. The second-order valence-electron chi connectivity index (χ2n) is 3.33. The number of halogens is 2. The third kappa shape index (κ3) is 3.84. The molecule has 0 amide bonds. The van der Waals surface area contributed by atoms with Gasteiger partial charge in [0.15, 0.2) is 0 Å². The molecule has 0 aromatic heterocycles. The molecule has 0 aliphatic heterocycles. The van der Waals surface area contributed by atoms with E-state index in [4.69, 9.17) is 29.0 Å². The maximum absolute atomic E-state index is 6.04. The van der Waals surface area contributed by atoms with Gasteiger partial charge >= 0.3 is 0 Å². The molecule has 1 atom stereocenters. The van der Waals surface area contributed by atoms with Gasteiger partial charge in [0.2, 0.25) is 0 Å². The Morgan fingerprint density at radius 1 is 1.47 bits per heavy atom. The van der Waals surface area contributed by atoms with Crippen LogP contribution in [0.5, 0.6) is 0 Å². The van der Waals surface area contributed by atoms with E-state index in [1.807, 2.05) is 12.1 Å². The van der Waals surface area contributed by atoms with Crippen LogP contribution >= 0.6 is 23.2 Å². The number of hydrogen-bond acceptors (Lipinski definition) is 2. The van der Waals surface area contributed by atoms with Gasteiger partial charge in [-0.1, -0.05) is 29.3 Å². The van der Waals surface area contributed by atoms with E-state index >= 15 is 0 Å². The SMILES string of the molecule is C=CCC(Cc1cc(Cl)ccc1Cl)NN. The van der Waals surface area contributed by atoms with Gasteiger partial charge in [-0.15, -0.1) is 6.58 Å². The van der Waals surface area contributed by atoms with Gasteiger partial charge in [-0.25, -0.2) is 0 Å². The average Bonchev–Trinajstić information content (AvgIpc) is 2.22. The Kier molecular flexibility index (Phi) is 5.12. The zero-order valence-corrected chi connectivity index (χ0v) is 9.85. The summed E-state index contributed by atoms with van der Waals surface area (Å²) in [6.45, 7) is 3.68. The summed E-state index contributed by atoms with van der Waals surface area (Å²) in [7, 11) is 0. The molecular formula is C11H14Cl2N2. The van der Waals surface area contributed by atoms with Gasteiger partial charge in [-0.2, -0.15) is 0 Å². The van der Waals surface area contributed by atoms with E-state index in [9.17, 15) is 0 Å². The van der Waals surface area contributed by atoms with E-state index in [1.54, 1.807) is 12.1 Å². The highest BCUT2D eigenvalue weighted by molar-refractivity contribution is 6.33. The van der Waals surface area contributed by atoms with Crippen LogP contribution in [0.15, 0.2) is 30.9 Å². The summed E-state index contributed by atoms with van der Waals surface area (Å²) in [5.74, 6) is 5.42. The van der Waals surface area contributed by atoms with Crippen LogP contribution in [-0.2, 0) is 6.42 Å². The first-order chi connectivity index (χ1) is 7.17. The van der Waals surface area contributed by atoms with Gasteiger partial charge in [-0.05, 0) is 36.6 Å². The number of hydrogen-bond donors (Lipinski definition) is 2. The second kappa shape index (κ2) is 6.13. The molecule has 15 heavy (non-hydrogen) atoms. The fourth-order valence-electron chi connectivity index (χ4n) is 1.38. The number of benzene rings is 1. The molecule has 0 saturated heterocycles. The molecule has 1 unspecified atom stereocenters. The first kappa shape index (κ1) is 12.5.